The highest BCUT2D eigenvalue weighted by atomic mass is 15.2. The molecular formula is C15H24N6. The van der Waals surface area contributed by atoms with Crippen LogP contribution < -0.4 is 5.73 Å². The maximum absolute atomic E-state index is 5.82. The predicted octanol–water partition coefficient (Wildman–Crippen LogP) is 2.06. The Morgan fingerprint density at radius 3 is 2.90 bits per heavy atom. The van der Waals surface area contributed by atoms with Crippen LogP contribution in [0.1, 0.15) is 39.5 Å². The molecule has 2 unspecified atom stereocenters. The number of anilines is 1. The zero-order valence-electron chi connectivity index (χ0n) is 12.9. The quantitative estimate of drug-likeness (QED) is 0.911. The first-order valence-electron chi connectivity index (χ1n) is 7.87. The fraction of sp³-hybridized carbons (Fsp3) is 0.667. The van der Waals surface area contributed by atoms with Crippen LogP contribution in [-0.2, 0) is 6.54 Å². The summed E-state index contributed by atoms with van der Waals surface area (Å²) in [5, 5.41) is 0. The molecule has 0 radical (unpaired) electrons. The molecular weight excluding hydrogens is 264 g/mol. The topological polar surface area (TPSA) is 72.9 Å². The van der Waals surface area contributed by atoms with Crippen LogP contribution in [0.2, 0.25) is 0 Å². The molecule has 21 heavy (non-hydrogen) atoms. The maximum Gasteiger partial charge on any atom is 0.165 e. The van der Waals surface area contributed by atoms with Gasteiger partial charge in [0, 0.05) is 25.2 Å². The minimum atomic E-state index is 0.456. The number of fused-ring (bicyclic) bond motifs is 1. The van der Waals surface area contributed by atoms with Crippen molar-refractivity contribution in [3.63, 3.8) is 0 Å². The van der Waals surface area contributed by atoms with Gasteiger partial charge in [0.15, 0.2) is 11.5 Å². The average molecular weight is 288 g/mol. The molecule has 0 bridgehead atoms. The van der Waals surface area contributed by atoms with Crippen molar-refractivity contribution in [2.75, 3.05) is 12.3 Å². The van der Waals surface area contributed by atoms with E-state index < -0.39 is 0 Å². The summed E-state index contributed by atoms with van der Waals surface area (Å²) in [6, 6.07) is 1.48. The van der Waals surface area contributed by atoms with Crippen molar-refractivity contribution in [3.8, 4) is 0 Å². The second-order valence-electron chi connectivity index (χ2n) is 5.95. The number of nitrogen functional groups attached to an aromatic ring is 1. The number of nitrogens with zero attached hydrogens (tertiary/aromatic N) is 5. The first kappa shape index (κ1) is 14.3. The Morgan fingerprint density at radius 2 is 2.10 bits per heavy atom. The third-order valence-corrected chi connectivity index (χ3v) is 4.67. The number of nitrogens with two attached hydrogens (primary N) is 1. The second-order valence-corrected chi connectivity index (χ2v) is 5.95. The molecule has 3 rings (SSSR count). The molecule has 6 heteroatoms. The first-order chi connectivity index (χ1) is 10.2. The predicted molar refractivity (Wildman–Crippen MR) is 83.8 cm³/mol. The number of hydrogen-bond donors (Lipinski definition) is 1. The molecule has 114 valence electrons. The summed E-state index contributed by atoms with van der Waals surface area (Å²) in [7, 11) is 0. The zero-order chi connectivity index (χ0) is 14.8. The molecule has 2 aromatic heterocycles. The monoisotopic (exact) mass is 288 g/mol. The van der Waals surface area contributed by atoms with E-state index in [1.165, 1.54) is 25.6 Å². The van der Waals surface area contributed by atoms with E-state index in [0.29, 0.717) is 17.4 Å². The molecule has 0 amide bonds. The zero-order valence-corrected chi connectivity index (χ0v) is 12.9. The largest absolute Gasteiger partial charge is 0.382 e. The maximum atomic E-state index is 5.82. The van der Waals surface area contributed by atoms with Gasteiger partial charge >= 0.3 is 0 Å². The number of aryl methyl sites for hydroxylation is 1. The van der Waals surface area contributed by atoms with Crippen LogP contribution in [0.15, 0.2) is 12.7 Å². The van der Waals surface area contributed by atoms with Crippen molar-refractivity contribution < 1.29 is 0 Å². The highest BCUT2D eigenvalue weighted by Crippen LogP contribution is 2.26. The van der Waals surface area contributed by atoms with E-state index in [1.807, 2.05) is 6.33 Å². The Morgan fingerprint density at radius 1 is 1.24 bits per heavy atom. The van der Waals surface area contributed by atoms with E-state index in [1.54, 1.807) is 0 Å². The van der Waals surface area contributed by atoms with E-state index in [4.69, 9.17) is 5.73 Å². The SMILES string of the molecule is CCC1CCC(C)N1CCCn1cnc2c(N)ncnc21. The van der Waals surface area contributed by atoms with Gasteiger partial charge in [0.25, 0.3) is 0 Å². The lowest BCUT2D eigenvalue weighted by Crippen LogP contribution is -2.35. The van der Waals surface area contributed by atoms with Crippen LogP contribution >= 0.6 is 0 Å². The number of hydrogen-bond acceptors (Lipinski definition) is 5. The van der Waals surface area contributed by atoms with Crippen molar-refractivity contribution >= 4 is 17.0 Å². The molecule has 1 fully saturated rings. The van der Waals surface area contributed by atoms with Crippen LogP contribution in [0.3, 0.4) is 0 Å². The molecule has 6 nitrogen and oxygen atoms in total. The highest BCUT2D eigenvalue weighted by molar-refractivity contribution is 5.80. The van der Waals surface area contributed by atoms with Gasteiger partial charge in [-0.15, -0.1) is 0 Å². The van der Waals surface area contributed by atoms with Gasteiger partial charge in [0.2, 0.25) is 0 Å². The van der Waals surface area contributed by atoms with Gasteiger partial charge in [-0.3, -0.25) is 4.90 Å². The van der Waals surface area contributed by atoms with Gasteiger partial charge < -0.3 is 10.3 Å². The van der Waals surface area contributed by atoms with E-state index in [-0.39, 0.29) is 0 Å². The molecule has 2 N–H and O–H groups in total. The lowest BCUT2D eigenvalue weighted by atomic mass is 10.1. The van der Waals surface area contributed by atoms with Crippen molar-refractivity contribution in [2.45, 2.75) is 58.2 Å². The van der Waals surface area contributed by atoms with E-state index >= 15 is 0 Å². The highest BCUT2D eigenvalue weighted by Gasteiger charge is 2.28. The van der Waals surface area contributed by atoms with E-state index in [2.05, 4.69) is 38.3 Å². The number of imidazole rings is 1. The molecule has 1 aliphatic heterocycles. The Balaban J connectivity index is 1.63. The summed E-state index contributed by atoms with van der Waals surface area (Å²) >= 11 is 0. The van der Waals surface area contributed by atoms with Crippen LogP contribution in [0.5, 0.6) is 0 Å². The Kier molecular flexibility index (Phi) is 4.05. The first-order valence-corrected chi connectivity index (χ1v) is 7.87. The lowest BCUT2D eigenvalue weighted by molar-refractivity contribution is 0.193. The lowest BCUT2D eigenvalue weighted by Gasteiger charge is -2.27. The summed E-state index contributed by atoms with van der Waals surface area (Å²) in [4.78, 5) is 15.2. The average Bonchev–Trinajstić information content (AvgIpc) is 3.05. The Labute approximate surface area is 125 Å². The number of rotatable bonds is 5. The third kappa shape index (κ3) is 2.72. The molecule has 3 heterocycles. The van der Waals surface area contributed by atoms with Gasteiger partial charge in [0.05, 0.1) is 6.33 Å². The van der Waals surface area contributed by atoms with Crippen molar-refractivity contribution in [3.05, 3.63) is 12.7 Å². The van der Waals surface area contributed by atoms with Crippen LogP contribution in [0.4, 0.5) is 5.82 Å². The van der Waals surface area contributed by atoms with Crippen molar-refractivity contribution in [1.29, 1.82) is 0 Å². The minimum Gasteiger partial charge on any atom is -0.382 e. The molecule has 0 aromatic carbocycles. The van der Waals surface area contributed by atoms with Crippen LogP contribution in [-0.4, -0.2) is 43.0 Å². The van der Waals surface area contributed by atoms with Gasteiger partial charge in [0.1, 0.15) is 11.8 Å². The standard InChI is InChI=1S/C15H24N6/c1-3-12-6-5-11(2)21(12)8-4-7-20-10-19-13-14(16)17-9-18-15(13)20/h9-12H,3-8H2,1-2H3,(H2,16,17,18). The van der Waals surface area contributed by atoms with Gasteiger partial charge in [-0.2, -0.15) is 0 Å². The molecule has 2 atom stereocenters. The molecule has 0 spiro atoms. The summed E-state index contributed by atoms with van der Waals surface area (Å²) in [5.74, 6) is 0.456. The van der Waals surface area contributed by atoms with E-state index in [9.17, 15) is 0 Å². The second kappa shape index (κ2) is 5.97. The van der Waals surface area contributed by atoms with E-state index in [0.717, 1.165) is 31.2 Å². The minimum absolute atomic E-state index is 0.456. The summed E-state index contributed by atoms with van der Waals surface area (Å²) in [6.07, 6.45) is 8.36. The summed E-state index contributed by atoms with van der Waals surface area (Å²) < 4.78 is 2.08. The molecule has 0 aliphatic carbocycles. The Hall–Kier alpha value is -1.69. The number of likely N-dealkylation sites (tertiary alicyclic amines) is 1. The smallest absolute Gasteiger partial charge is 0.165 e. The third-order valence-electron chi connectivity index (χ3n) is 4.67. The Bertz CT molecular complexity index is 607. The van der Waals surface area contributed by atoms with Gasteiger partial charge in [-0.1, -0.05) is 6.92 Å². The fourth-order valence-electron chi connectivity index (χ4n) is 3.45. The van der Waals surface area contributed by atoms with Crippen LogP contribution in [0.25, 0.3) is 11.2 Å². The molecule has 0 saturated carbocycles. The normalized spacial score (nSPS) is 23.1. The summed E-state index contributed by atoms with van der Waals surface area (Å²) in [5.41, 5.74) is 7.36. The van der Waals surface area contributed by atoms with Gasteiger partial charge in [-0.25, -0.2) is 15.0 Å². The van der Waals surface area contributed by atoms with Crippen molar-refractivity contribution in [1.82, 2.24) is 24.4 Å². The molecule has 1 saturated heterocycles. The van der Waals surface area contributed by atoms with Gasteiger partial charge in [-0.05, 0) is 32.6 Å². The molecule has 2 aromatic rings. The number of aromatic nitrogens is 4. The fourth-order valence-corrected chi connectivity index (χ4v) is 3.45. The van der Waals surface area contributed by atoms with Crippen LogP contribution in [0, 0.1) is 0 Å². The summed E-state index contributed by atoms with van der Waals surface area (Å²) in [6.45, 7) is 6.70. The molecule has 1 aliphatic rings. The van der Waals surface area contributed by atoms with Crippen molar-refractivity contribution in [2.24, 2.45) is 0 Å².